The Morgan fingerprint density at radius 3 is 2.65 bits per heavy atom. The van der Waals surface area contributed by atoms with Crippen molar-refractivity contribution in [2.24, 2.45) is 5.41 Å². The second kappa shape index (κ2) is 6.90. The van der Waals surface area contributed by atoms with Crippen LogP contribution in [0.2, 0.25) is 0 Å². The van der Waals surface area contributed by atoms with Gasteiger partial charge < -0.3 is 19.6 Å². The van der Waals surface area contributed by atoms with E-state index in [2.05, 4.69) is 30.8 Å². The third-order valence-corrected chi connectivity index (χ3v) is 3.02. The Bertz CT molecular complexity index is 445. The van der Waals surface area contributed by atoms with Crippen molar-refractivity contribution in [3.8, 4) is 0 Å². The Morgan fingerprint density at radius 2 is 2.15 bits per heavy atom. The lowest BCUT2D eigenvalue weighted by molar-refractivity contribution is 0.0599. The fraction of sp³-hybridized carbons (Fsp3) is 0.667. The molecule has 1 heterocycles. The normalized spacial score (nSPS) is 13.3. The average Bonchev–Trinajstić information content (AvgIpc) is 2.73. The number of furan rings is 1. The van der Waals surface area contributed by atoms with Crippen molar-refractivity contribution in [1.82, 2.24) is 5.32 Å². The minimum absolute atomic E-state index is 0.00184. The first-order valence-electron chi connectivity index (χ1n) is 6.78. The zero-order valence-electron chi connectivity index (χ0n) is 12.9. The zero-order valence-corrected chi connectivity index (χ0v) is 12.9. The number of methoxy groups -OCH3 is 1. The van der Waals surface area contributed by atoms with Crippen LogP contribution in [0.1, 0.15) is 49.1 Å². The molecule has 0 spiro atoms. The highest BCUT2D eigenvalue weighted by Crippen LogP contribution is 2.21. The first-order chi connectivity index (χ1) is 9.26. The maximum atomic E-state index is 11.5. The third-order valence-electron chi connectivity index (χ3n) is 3.02. The minimum Gasteiger partial charge on any atom is -0.465 e. The molecule has 0 saturated heterocycles. The number of aliphatic hydroxyl groups is 1. The van der Waals surface area contributed by atoms with Gasteiger partial charge in [0.15, 0.2) is 0 Å². The van der Waals surface area contributed by atoms with Crippen molar-refractivity contribution in [2.45, 2.75) is 46.7 Å². The molecule has 20 heavy (non-hydrogen) atoms. The summed E-state index contributed by atoms with van der Waals surface area (Å²) in [4.78, 5) is 11.5. The molecule has 0 aliphatic rings. The number of ether oxygens (including phenoxy) is 1. The molecule has 1 aromatic heterocycles. The first kappa shape index (κ1) is 16.7. The SMILES string of the molecule is COC(=O)c1cc(CNC(CO)CC(C)(C)C)oc1C. The van der Waals surface area contributed by atoms with E-state index in [0.717, 1.165) is 6.42 Å². The lowest BCUT2D eigenvalue weighted by Crippen LogP contribution is -2.35. The smallest absolute Gasteiger partial charge is 0.341 e. The van der Waals surface area contributed by atoms with Crippen molar-refractivity contribution in [1.29, 1.82) is 0 Å². The Morgan fingerprint density at radius 1 is 1.50 bits per heavy atom. The lowest BCUT2D eigenvalue weighted by atomic mass is 9.88. The van der Waals surface area contributed by atoms with Crippen LogP contribution in [0, 0.1) is 12.3 Å². The maximum Gasteiger partial charge on any atom is 0.341 e. The van der Waals surface area contributed by atoms with Crippen molar-refractivity contribution in [2.75, 3.05) is 13.7 Å². The van der Waals surface area contributed by atoms with Gasteiger partial charge in [0.1, 0.15) is 17.1 Å². The van der Waals surface area contributed by atoms with Crippen LogP contribution < -0.4 is 5.32 Å². The largest absolute Gasteiger partial charge is 0.465 e. The van der Waals surface area contributed by atoms with Gasteiger partial charge in [-0.3, -0.25) is 0 Å². The summed E-state index contributed by atoms with van der Waals surface area (Å²) in [5.41, 5.74) is 0.581. The summed E-state index contributed by atoms with van der Waals surface area (Å²) in [7, 11) is 1.35. The standard InChI is InChI=1S/C15H25NO4/c1-10-13(14(18)19-5)6-12(20-10)8-16-11(9-17)7-15(2,3)4/h6,11,16-17H,7-9H2,1-5H3. The van der Waals surface area contributed by atoms with Gasteiger partial charge in [-0.1, -0.05) is 20.8 Å². The quantitative estimate of drug-likeness (QED) is 0.784. The number of carbonyl (C=O) groups is 1. The summed E-state index contributed by atoms with van der Waals surface area (Å²) in [5.74, 6) is 0.811. The molecule has 2 N–H and O–H groups in total. The highest BCUT2D eigenvalue weighted by Gasteiger charge is 2.19. The molecule has 0 amide bonds. The van der Waals surface area contributed by atoms with Crippen LogP contribution in [0.5, 0.6) is 0 Å². The second-order valence-corrected chi connectivity index (χ2v) is 6.20. The molecule has 5 nitrogen and oxygen atoms in total. The number of aryl methyl sites for hydroxylation is 1. The Kier molecular flexibility index (Phi) is 5.77. The van der Waals surface area contributed by atoms with E-state index in [1.165, 1.54) is 7.11 Å². The number of esters is 1. The number of hydrogen-bond donors (Lipinski definition) is 2. The van der Waals surface area contributed by atoms with Gasteiger partial charge in [-0.15, -0.1) is 0 Å². The molecule has 0 radical (unpaired) electrons. The van der Waals surface area contributed by atoms with E-state index in [1.807, 2.05) is 0 Å². The highest BCUT2D eigenvalue weighted by molar-refractivity contribution is 5.90. The van der Waals surface area contributed by atoms with E-state index < -0.39 is 5.97 Å². The molecule has 1 unspecified atom stereocenters. The van der Waals surface area contributed by atoms with Crippen LogP contribution in [-0.4, -0.2) is 30.8 Å². The monoisotopic (exact) mass is 283 g/mol. The Balaban J connectivity index is 2.63. The summed E-state index contributed by atoms with van der Waals surface area (Å²) >= 11 is 0. The zero-order chi connectivity index (χ0) is 15.3. The topological polar surface area (TPSA) is 71.7 Å². The molecule has 1 rings (SSSR count). The van der Waals surface area contributed by atoms with Gasteiger partial charge in [-0.25, -0.2) is 4.79 Å². The minimum atomic E-state index is -0.397. The number of aliphatic hydroxyl groups excluding tert-OH is 1. The van der Waals surface area contributed by atoms with E-state index in [0.29, 0.717) is 23.6 Å². The van der Waals surface area contributed by atoms with Crippen LogP contribution in [0.15, 0.2) is 10.5 Å². The van der Waals surface area contributed by atoms with Crippen LogP contribution in [0.25, 0.3) is 0 Å². The van der Waals surface area contributed by atoms with Gasteiger partial charge >= 0.3 is 5.97 Å². The fourth-order valence-corrected chi connectivity index (χ4v) is 2.13. The molecule has 1 atom stereocenters. The van der Waals surface area contributed by atoms with Crippen molar-refractivity contribution >= 4 is 5.97 Å². The van der Waals surface area contributed by atoms with Crippen LogP contribution in [0.3, 0.4) is 0 Å². The van der Waals surface area contributed by atoms with E-state index in [1.54, 1.807) is 13.0 Å². The number of hydrogen-bond acceptors (Lipinski definition) is 5. The van der Waals surface area contributed by atoms with Gasteiger partial charge in [0.25, 0.3) is 0 Å². The van der Waals surface area contributed by atoms with Gasteiger partial charge in [0.05, 0.1) is 20.3 Å². The molecule has 0 fully saturated rings. The van der Waals surface area contributed by atoms with E-state index >= 15 is 0 Å². The number of nitrogens with one attached hydrogen (secondary N) is 1. The summed E-state index contributed by atoms with van der Waals surface area (Å²) < 4.78 is 10.2. The van der Waals surface area contributed by atoms with Crippen LogP contribution in [0.4, 0.5) is 0 Å². The van der Waals surface area contributed by atoms with Gasteiger partial charge in [-0.05, 0) is 24.8 Å². The van der Waals surface area contributed by atoms with Crippen molar-refractivity contribution < 1.29 is 19.1 Å². The summed E-state index contributed by atoms with van der Waals surface area (Å²) in [5, 5.41) is 12.6. The molecular weight excluding hydrogens is 258 g/mol. The second-order valence-electron chi connectivity index (χ2n) is 6.20. The molecule has 0 saturated carbocycles. The van der Waals surface area contributed by atoms with Crippen molar-refractivity contribution in [3.05, 3.63) is 23.2 Å². The first-order valence-corrected chi connectivity index (χ1v) is 6.78. The number of rotatable bonds is 6. The van der Waals surface area contributed by atoms with E-state index in [-0.39, 0.29) is 18.1 Å². The predicted molar refractivity (Wildman–Crippen MR) is 76.6 cm³/mol. The summed E-state index contributed by atoms with van der Waals surface area (Å²) in [6.07, 6.45) is 0.854. The molecule has 0 bridgehead atoms. The molecule has 1 aromatic rings. The predicted octanol–water partition coefficient (Wildman–Crippen LogP) is 2.26. The lowest BCUT2D eigenvalue weighted by Gasteiger charge is -2.25. The molecule has 0 aliphatic carbocycles. The average molecular weight is 283 g/mol. The van der Waals surface area contributed by atoms with E-state index in [9.17, 15) is 9.90 Å². The molecule has 0 aromatic carbocycles. The van der Waals surface area contributed by atoms with Gasteiger partial charge in [0.2, 0.25) is 0 Å². The summed E-state index contributed by atoms with van der Waals surface area (Å²) in [6.45, 7) is 8.66. The van der Waals surface area contributed by atoms with Crippen LogP contribution >= 0.6 is 0 Å². The molecule has 5 heteroatoms. The molecule has 0 aliphatic heterocycles. The third kappa shape index (κ3) is 4.98. The summed E-state index contributed by atoms with van der Waals surface area (Å²) in [6, 6.07) is 1.68. The van der Waals surface area contributed by atoms with E-state index in [4.69, 9.17) is 4.42 Å². The Labute approximate surface area is 120 Å². The molecule has 114 valence electrons. The van der Waals surface area contributed by atoms with Gasteiger partial charge in [-0.2, -0.15) is 0 Å². The van der Waals surface area contributed by atoms with Crippen LogP contribution in [-0.2, 0) is 11.3 Å². The van der Waals surface area contributed by atoms with Crippen molar-refractivity contribution in [3.63, 3.8) is 0 Å². The Hall–Kier alpha value is -1.33. The van der Waals surface area contributed by atoms with Gasteiger partial charge in [0, 0.05) is 6.04 Å². The maximum absolute atomic E-state index is 11.5. The highest BCUT2D eigenvalue weighted by atomic mass is 16.5. The molecular formula is C15H25NO4. The fourth-order valence-electron chi connectivity index (χ4n) is 2.13. The number of carbonyl (C=O) groups excluding carboxylic acids is 1.